The number of esters is 1. The molecular formula is C27H27ClN4O4. The lowest BCUT2D eigenvalue weighted by Crippen LogP contribution is -2.51. The van der Waals surface area contributed by atoms with Gasteiger partial charge in [-0.15, -0.1) is 0 Å². The van der Waals surface area contributed by atoms with Crippen LogP contribution in [-0.2, 0) is 16.1 Å². The third-order valence-electron chi connectivity index (χ3n) is 5.97. The molecule has 1 saturated heterocycles. The Hall–Kier alpha value is -3.49. The Morgan fingerprint density at radius 3 is 2.56 bits per heavy atom. The summed E-state index contributed by atoms with van der Waals surface area (Å²) in [4.78, 5) is 18.9. The molecule has 2 aromatic heterocycles. The monoisotopic (exact) mass is 506 g/mol. The molecule has 9 heteroatoms. The number of carbonyl (C=O) groups excluding carboxylic acids is 1. The molecule has 8 nitrogen and oxygen atoms in total. The Balaban J connectivity index is 1.25. The number of ether oxygens (including phenoxy) is 1. The average molecular weight is 507 g/mol. The summed E-state index contributed by atoms with van der Waals surface area (Å²) in [5.41, 5.74) is 3.72. The van der Waals surface area contributed by atoms with Crippen molar-refractivity contribution < 1.29 is 18.6 Å². The fraction of sp³-hybridized carbons (Fsp3) is 0.333. The van der Waals surface area contributed by atoms with Crippen molar-refractivity contribution in [2.75, 3.05) is 13.1 Å². The predicted molar refractivity (Wildman–Crippen MR) is 135 cm³/mol. The van der Waals surface area contributed by atoms with E-state index < -0.39 is 5.60 Å². The molecule has 0 unspecified atom stereocenters. The van der Waals surface area contributed by atoms with Crippen LogP contribution < -0.4 is 0 Å². The van der Waals surface area contributed by atoms with Crippen molar-refractivity contribution in [3.63, 3.8) is 0 Å². The molecule has 0 N–H and O–H groups in total. The summed E-state index contributed by atoms with van der Waals surface area (Å²) < 4.78 is 16.5. The Kier molecular flexibility index (Phi) is 6.40. The SMILES string of the molecule is Cc1c(-c2ccccc2)noc1-c1nc(-c2ccc(CN3CC(C(=O)OC(C)(C)C)C3)cc2Cl)no1. The van der Waals surface area contributed by atoms with Gasteiger partial charge in [-0.1, -0.05) is 58.3 Å². The zero-order chi connectivity index (χ0) is 25.4. The minimum Gasteiger partial charge on any atom is -0.460 e. The van der Waals surface area contributed by atoms with Gasteiger partial charge in [0, 0.05) is 36.3 Å². The Morgan fingerprint density at radius 1 is 1.11 bits per heavy atom. The van der Waals surface area contributed by atoms with Gasteiger partial charge in [-0.05, 0) is 45.4 Å². The van der Waals surface area contributed by atoms with Gasteiger partial charge in [0.1, 0.15) is 11.3 Å². The molecule has 0 radical (unpaired) electrons. The van der Waals surface area contributed by atoms with Gasteiger partial charge in [0.15, 0.2) is 0 Å². The molecule has 3 heterocycles. The van der Waals surface area contributed by atoms with Gasteiger partial charge in [-0.3, -0.25) is 9.69 Å². The van der Waals surface area contributed by atoms with Crippen LogP contribution in [0.25, 0.3) is 34.3 Å². The maximum Gasteiger partial charge on any atom is 0.312 e. The van der Waals surface area contributed by atoms with Gasteiger partial charge < -0.3 is 13.8 Å². The van der Waals surface area contributed by atoms with Crippen LogP contribution in [0, 0.1) is 12.8 Å². The molecule has 0 amide bonds. The first-order valence-electron chi connectivity index (χ1n) is 11.8. The summed E-state index contributed by atoms with van der Waals surface area (Å²) in [6, 6.07) is 15.5. The standard InChI is InChI=1S/C27H27ClN4O4/c1-16-22(18-8-6-5-7-9-18)30-35-23(16)25-29-24(31-36-25)20-11-10-17(12-21(20)28)13-32-14-19(15-32)26(33)34-27(2,3)4/h5-12,19H,13-15H2,1-4H3. The van der Waals surface area contributed by atoms with Crippen molar-refractivity contribution in [3.8, 4) is 34.3 Å². The second-order valence-electron chi connectivity index (χ2n) is 10.0. The Bertz CT molecular complexity index is 1380. The predicted octanol–water partition coefficient (Wildman–Crippen LogP) is 5.79. The van der Waals surface area contributed by atoms with Crippen molar-refractivity contribution in [1.82, 2.24) is 20.2 Å². The smallest absolute Gasteiger partial charge is 0.312 e. The van der Waals surface area contributed by atoms with Crippen molar-refractivity contribution in [3.05, 3.63) is 64.7 Å². The second kappa shape index (κ2) is 9.52. The van der Waals surface area contributed by atoms with Gasteiger partial charge in [-0.25, -0.2) is 0 Å². The number of hydrogen-bond donors (Lipinski definition) is 0. The van der Waals surface area contributed by atoms with Crippen LogP contribution in [0.2, 0.25) is 5.02 Å². The average Bonchev–Trinajstić information content (AvgIpc) is 3.42. The number of aromatic nitrogens is 3. The van der Waals surface area contributed by atoms with Crippen molar-refractivity contribution in [1.29, 1.82) is 0 Å². The van der Waals surface area contributed by atoms with Crippen LogP contribution in [0.5, 0.6) is 0 Å². The fourth-order valence-electron chi connectivity index (χ4n) is 4.16. The first-order valence-corrected chi connectivity index (χ1v) is 12.2. The van der Waals surface area contributed by atoms with Gasteiger partial charge in [-0.2, -0.15) is 4.98 Å². The molecule has 1 aliphatic rings. The highest BCUT2D eigenvalue weighted by molar-refractivity contribution is 6.33. The summed E-state index contributed by atoms with van der Waals surface area (Å²) in [5, 5.41) is 8.81. The minimum atomic E-state index is -0.466. The number of nitrogens with zero attached hydrogens (tertiary/aromatic N) is 4. The van der Waals surface area contributed by atoms with Crippen molar-refractivity contribution >= 4 is 17.6 Å². The van der Waals surface area contributed by atoms with E-state index in [1.165, 1.54) is 0 Å². The second-order valence-corrected chi connectivity index (χ2v) is 10.4. The van der Waals surface area contributed by atoms with Crippen LogP contribution in [0.4, 0.5) is 0 Å². The lowest BCUT2D eigenvalue weighted by atomic mass is 9.98. The lowest BCUT2D eigenvalue weighted by molar-refractivity contribution is -0.166. The summed E-state index contributed by atoms with van der Waals surface area (Å²) in [6.45, 7) is 9.58. The molecule has 4 aromatic rings. The molecule has 186 valence electrons. The third-order valence-corrected chi connectivity index (χ3v) is 6.28. The third kappa shape index (κ3) is 5.05. The van der Waals surface area contributed by atoms with Crippen LogP contribution in [0.1, 0.15) is 31.9 Å². The van der Waals surface area contributed by atoms with Crippen molar-refractivity contribution in [2.45, 2.75) is 39.8 Å². The Morgan fingerprint density at radius 2 is 1.86 bits per heavy atom. The highest BCUT2D eigenvalue weighted by atomic mass is 35.5. The first kappa shape index (κ1) is 24.2. The summed E-state index contributed by atoms with van der Waals surface area (Å²) in [5.74, 6) is 0.813. The lowest BCUT2D eigenvalue weighted by Gasteiger charge is -2.38. The van der Waals surface area contributed by atoms with Gasteiger partial charge >= 0.3 is 5.97 Å². The minimum absolute atomic E-state index is 0.0846. The number of benzene rings is 2. The van der Waals surface area contributed by atoms with E-state index in [4.69, 9.17) is 25.4 Å². The van der Waals surface area contributed by atoms with E-state index in [0.29, 0.717) is 41.8 Å². The highest BCUT2D eigenvalue weighted by Crippen LogP contribution is 2.33. The van der Waals surface area contributed by atoms with E-state index in [9.17, 15) is 4.79 Å². The highest BCUT2D eigenvalue weighted by Gasteiger charge is 2.35. The van der Waals surface area contributed by atoms with E-state index in [2.05, 4.69) is 20.2 Å². The zero-order valence-corrected chi connectivity index (χ0v) is 21.4. The normalized spacial score (nSPS) is 14.6. The van der Waals surface area contributed by atoms with Crippen LogP contribution in [0.15, 0.2) is 57.6 Å². The van der Waals surface area contributed by atoms with Gasteiger partial charge in [0.2, 0.25) is 11.6 Å². The maximum absolute atomic E-state index is 12.2. The Labute approximate surface area is 214 Å². The number of carbonyl (C=O) groups is 1. The van der Waals surface area contributed by atoms with Crippen LogP contribution in [0.3, 0.4) is 0 Å². The summed E-state index contributed by atoms with van der Waals surface area (Å²) in [7, 11) is 0. The number of halogens is 1. The molecule has 5 rings (SSSR count). The van der Waals surface area contributed by atoms with Gasteiger partial charge in [0.25, 0.3) is 5.89 Å². The van der Waals surface area contributed by atoms with E-state index in [1.54, 1.807) is 0 Å². The quantitative estimate of drug-likeness (QED) is 0.303. The van der Waals surface area contributed by atoms with E-state index >= 15 is 0 Å². The van der Waals surface area contributed by atoms with E-state index in [-0.39, 0.29) is 17.8 Å². The maximum atomic E-state index is 12.2. The molecular weight excluding hydrogens is 480 g/mol. The largest absolute Gasteiger partial charge is 0.460 e. The molecule has 0 aliphatic carbocycles. The van der Waals surface area contributed by atoms with Crippen molar-refractivity contribution in [2.24, 2.45) is 5.92 Å². The van der Waals surface area contributed by atoms with Gasteiger partial charge in [0.05, 0.1) is 10.9 Å². The molecule has 1 fully saturated rings. The molecule has 0 spiro atoms. The fourth-order valence-corrected chi connectivity index (χ4v) is 4.44. The molecule has 36 heavy (non-hydrogen) atoms. The molecule has 0 atom stereocenters. The van der Waals surface area contributed by atoms with E-state index in [0.717, 1.165) is 22.4 Å². The van der Waals surface area contributed by atoms with Crippen LogP contribution in [-0.4, -0.2) is 44.9 Å². The van der Waals surface area contributed by atoms with E-state index in [1.807, 2.05) is 76.2 Å². The molecule has 1 aliphatic heterocycles. The summed E-state index contributed by atoms with van der Waals surface area (Å²) in [6.07, 6.45) is 0. The topological polar surface area (TPSA) is 94.5 Å². The number of rotatable bonds is 6. The summed E-state index contributed by atoms with van der Waals surface area (Å²) >= 11 is 6.58. The first-order chi connectivity index (χ1) is 17.2. The number of hydrogen-bond acceptors (Lipinski definition) is 8. The number of likely N-dealkylation sites (tertiary alicyclic amines) is 1. The zero-order valence-electron chi connectivity index (χ0n) is 20.6. The van der Waals surface area contributed by atoms with Crippen LogP contribution >= 0.6 is 11.6 Å². The molecule has 0 bridgehead atoms. The molecule has 0 saturated carbocycles. The molecule has 2 aromatic carbocycles.